The number of rotatable bonds is 6. The smallest absolute Gasteiger partial charge is 0.355 e. The Bertz CT molecular complexity index is 1380. The molecule has 0 bridgehead atoms. The fraction of sp³-hybridized carbons (Fsp3) is 0.0870. The Morgan fingerprint density at radius 1 is 1.22 bits per heavy atom. The van der Waals surface area contributed by atoms with Crippen molar-refractivity contribution in [2.45, 2.75) is 11.3 Å². The predicted octanol–water partition coefficient (Wildman–Crippen LogP) is 3.15. The molecule has 0 atom stereocenters. The van der Waals surface area contributed by atoms with Crippen molar-refractivity contribution in [1.82, 2.24) is 14.8 Å². The van der Waals surface area contributed by atoms with Gasteiger partial charge in [-0.05, 0) is 33.7 Å². The van der Waals surface area contributed by atoms with E-state index in [2.05, 4.69) is 10.9 Å². The Morgan fingerprint density at radius 2 is 1.91 bits per heavy atom. The summed E-state index contributed by atoms with van der Waals surface area (Å²) in [7, 11) is -2.84. The van der Waals surface area contributed by atoms with Gasteiger partial charge in [0.1, 0.15) is 5.69 Å². The zero-order chi connectivity index (χ0) is 22.9. The fourth-order valence-electron chi connectivity index (χ4n) is 3.31. The number of terminal acetylenes is 1. The van der Waals surface area contributed by atoms with Crippen molar-refractivity contribution < 1.29 is 14.1 Å². The number of thiazole rings is 1. The normalized spacial score (nSPS) is 11.8. The number of aromatic carboxylic acids is 1. The maximum absolute atomic E-state index is 12.1. The lowest BCUT2D eigenvalue weighted by Crippen LogP contribution is -2.20. The van der Waals surface area contributed by atoms with Gasteiger partial charge in [-0.25, -0.2) is 9.78 Å². The lowest BCUT2D eigenvalue weighted by molar-refractivity contribution is 0.0691. The quantitative estimate of drug-likeness (QED) is 0.300. The number of benzene rings is 2. The van der Waals surface area contributed by atoms with E-state index in [1.54, 1.807) is 12.1 Å². The molecule has 4 aromatic rings. The summed E-state index contributed by atoms with van der Waals surface area (Å²) in [6.45, 7) is 0. The van der Waals surface area contributed by atoms with Crippen LogP contribution < -0.4 is 5.14 Å². The molecule has 0 aliphatic carbocycles. The molecule has 0 spiro atoms. The van der Waals surface area contributed by atoms with Crippen LogP contribution in [-0.2, 0) is 16.5 Å². The zero-order valence-electron chi connectivity index (χ0n) is 17.1. The highest BCUT2D eigenvalue weighted by Crippen LogP contribution is 2.30. The van der Waals surface area contributed by atoms with Crippen molar-refractivity contribution in [2.75, 3.05) is 6.26 Å². The summed E-state index contributed by atoms with van der Waals surface area (Å²) >= 11 is 1.16. The monoisotopic (exact) mass is 464 g/mol. The first kappa shape index (κ1) is 21.6. The molecule has 0 radical (unpaired) electrons. The second kappa shape index (κ2) is 8.51. The van der Waals surface area contributed by atoms with E-state index >= 15 is 0 Å². The van der Waals surface area contributed by atoms with Gasteiger partial charge in [0.05, 0.1) is 5.69 Å². The van der Waals surface area contributed by atoms with Crippen molar-refractivity contribution in [3.05, 3.63) is 82.5 Å². The first-order valence-corrected chi connectivity index (χ1v) is 12.7. The van der Waals surface area contributed by atoms with Gasteiger partial charge in [0, 0.05) is 34.1 Å². The molecule has 0 amide bonds. The second-order valence-electron chi connectivity index (χ2n) is 7.25. The minimum absolute atomic E-state index is 0.0624. The van der Waals surface area contributed by atoms with Gasteiger partial charge >= 0.3 is 5.97 Å². The Balaban J connectivity index is 1.84. The van der Waals surface area contributed by atoms with Gasteiger partial charge in [0.15, 0.2) is 5.69 Å². The van der Waals surface area contributed by atoms with E-state index in [0.717, 1.165) is 28.0 Å². The van der Waals surface area contributed by atoms with Crippen LogP contribution in [0.4, 0.5) is 0 Å². The molecule has 2 heterocycles. The Kier molecular flexibility index (Phi) is 5.76. The molecule has 9 heteroatoms. The molecule has 0 aliphatic rings. The fourth-order valence-corrected chi connectivity index (χ4v) is 4.80. The first-order valence-electron chi connectivity index (χ1n) is 9.56. The standard InChI is InChI=1S/C23H20N4O3S2/c1-3-20-18(13-15-9-11-17(12-10-15)32(2,24)30)21(16-7-5-4-6-8-16)26-27(20)23-25-19(14-31-23)22(28)29/h1,4-12,14,32H,13H2,2H3,(H2,24,30)(H,28,29). The second-order valence-corrected chi connectivity index (χ2v) is 10.6. The molecule has 2 aromatic heterocycles. The molecular weight excluding hydrogens is 444 g/mol. The molecule has 0 aliphatic heterocycles. The van der Waals surface area contributed by atoms with Crippen molar-refractivity contribution >= 4 is 27.4 Å². The number of thiol groups is 1. The number of nitrogens with two attached hydrogens (primary N) is 1. The number of aromatic nitrogens is 3. The van der Waals surface area contributed by atoms with Crippen LogP contribution in [0.3, 0.4) is 0 Å². The Morgan fingerprint density at radius 3 is 2.47 bits per heavy atom. The lowest BCUT2D eigenvalue weighted by atomic mass is 9.99. The van der Waals surface area contributed by atoms with Gasteiger partial charge in [-0.3, -0.25) is 9.35 Å². The molecule has 162 valence electrons. The van der Waals surface area contributed by atoms with E-state index in [1.165, 1.54) is 16.3 Å². The van der Waals surface area contributed by atoms with Gasteiger partial charge in [-0.1, -0.05) is 42.5 Å². The van der Waals surface area contributed by atoms with Crippen molar-refractivity contribution in [3.8, 4) is 28.7 Å². The third-order valence-electron chi connectivity index (χ3n) is 4.89. The lowest BCUT2D eigenvalue weighted by Gasteiger charge is -2.13. The van der Waals surface area contributed by atoms with Crippen molar-refractivity contribution in [3.63, 3.8) is 0 Å². The van der Waals surface area contributed by atoms with Gasteiger partial charge in [0.25, 0.3) is 0 Å². The van der Waals surface area contributed by atoms with E-state index in [4.69, 9.17) is 16.7 Å². The highest BCUT2D eigenvalue weighted by atomic mass is 32.3. The minimum atomic E-state index is -2.84. The van der Waals surface area contributed by atoms with Crippen LogP contribution >= 0.6 is 11.3 Å². The molecule has 2 aromatic carbocycles. The highest BCUT2D eigenvalue weighted by Gasteiger charge is 2.22. The number of hydrogen-bond acceptors (Lipinski definition) is 5. The third-order valence-corrected chi connectivity index (χ3v) is 7.03. The number of hydrogen-bond donors (Lipinski definition) is 3. The first-order chi connectivity index (χ1) is 15.3. The Labute approximate surface area is 190 Å². The van der Waals surface area contributed by atoms with Crippen LogP contribution in [0.15, 0.2) is 64.9 Å². The Hall–Kier alpha value is -3.58. The van der Waals surface area contributed by atoms with Crippen LogP contribution in [0.5, 0.6) is 0 Å². The zero-order valence-corrected chi connectivity index (χ0v) is 18.8. The topological polar surface area (TPSA) is 111 Å². The van der Waals surface area contributed by atoms with Gasteiger partial charge in [-0.15, -0.1) is 17.8 Å². The summed E-state index contributed by atoms with van der Waals surface area (Å²) in [5, 5.41) is 21.5. The van der Waals surface area contributed by atoms with Crippen LogP contribution in [0.1, 0.15) is 27.3 Å². The van der Waals surface area contributed by atoms with Gasteiger partial charge < -0.3 is 5.11 Å². The minimum Gasteiger partial charge on any atom is -0.476 e. The van der Waals surface area contributed by atoms with Crippen LogP contribution in [0.25, 0.3) is 16.4 Å². The van der Waals surface area contributed by atoms with E-state index in [-0.39, 0.29) is 5.69 Å². The summed E-state index contributed by atoms with van der Waals surface area (Å²) in [5.41, 5.74) is 3.76. The van der Waals surface area contributed by atoms with Crippen molar-refractivity contribution in [1.29, 1.82) is 0 Å². The number of nitrogens with zero attached hydrogens (tertiary/aromatic N) is 3. The third kappa shape index (κ3) is 4.24. The van der Waals surface area contributed by atoms with Gasteiger partial charge in [0.2, 0.25) is 5.13 Å². The summed E-state index contributed by atoms with van der Waals surface area (Å²) in [4.78, 5) is 16.0. The van der Waals surface area contributed by atoms with E-state index in [9.17, 15) is 14.1 Å². The average Bonchev–Trinajstić information content (AvgIpc) is 3.39. The SMILES string of the molecule is C#Cc1c(Cc2ccc([SH](C)(N)=O)cc2)c(-c2ccccc2)nn1-c1nc(C(=O)O)cs1. The molecular formula is C23H20N4O3S2. The number of carboxylic acids is 1. The summed E-state index contributed by atoms with van der Waals surface area (Å²) in [6.07, 6.45) is 7.87. The van der Waals surface area contributed by atoms with E-state index in [1.807, 2.05) is 42.5 Å². The molecule has 3 N–H and O–H groups in total. The van der Waals surface area contributed by atoms with E-state index in [0.29, 0.717) is 27.8 Å². The highest BCUT2D eigenvalue weighted by molar-refractivity contribution is 8.00. The molecule has 0 fully saturated rings. The van der Waals surface area contributed by atoms with Crippen molar-refractivity contribution in [2.24, 2.45) is 5.14 Å². The molecule has 7 nitrogen and oxygen atoms in total. The molecule has 0 unspecified atom stereocenters. The van der Waals surface area contributed by atoms with Crippen LogP contribution in [0.2, 0.25) is 0 Å². The maximum atomic E-state index is 12.1. The molecule has 4 rings (SSSR count). The molecule has 32 heavy (non-hydrogen) atoms. The largest absolute Gasteiger partial charge is 0.476 e. The average molecular weight is 465 g/mol. The molecule has 0 saturated heterocycles. The van der Waals surface area contributed by atoms with Crippen LogP contribution in [-0.4, -0.2) is 36.3 Å². The van der Waals surface area contributed by atoms with Crippen LogP contribution in [0, 0.1) is 12.3 Å². The maximum Gasteiger partial charge on any atom is 0.355 e. The molecule has 0 saturated carbocycles. The van der Waals surface area contributed by atoms with Gasteiger partial charge in [-0.2, -0.15) is 9.78 Å². The number of carbonyl (C=O) groups is 1. The summed E-state index contributed by atoms with van der Waals surface area (Å²) in [6, 6.07) is 16.9. The number of carboxylic acid groups (broad SMARTS) is 1. The predicted molar refractivity (Wildman–Crippen MR) is 127 cm³/mol. The summed E-state index contributed by atoms with van der Waals surface area (Å²) < 4.78 is 13.6. The summed E-state index contributed by atoms with van der Waals surface area (Å²) in [5.74, 6) is 1.59. The van der Waals surface area contributed by atoms with E-state index < -0.39 is 16.1 Å².